The second-order valence-corrected chi connectivity index (χ2v) is 6.95. The molecule has 1 fully saturated rings. The number of alkyl halides is 3. The van der Waals surface area contributed by atoms with Crippen LogP contribution in [0.25, 0.3) is 5.69 Å². The number of rotatable bonds is 2. The first-order valence-electron chi connectivity index (χ1n) is 7.71. The third kappa shape index (κ3) is 2.87. The fourth-order valence-electron chi connectivity index (χ4n) is 2.63. The van der Waals surface area contributed by atoms with E-state index in [2.05, 4.69) is 0 Å². The number of nitrogens with zero attached hydrogens (tertiary/aromatic N) is 1. The van der Waals surface area contributed by atoms with Crippen molar-refractivity contribution >= 4 is 12.6 Å². The fraction of sp³-hybridized carbons (Fsp3) is 0.412. The van der Waals surface area contributed by atoms with Crippen LogP contribution in [-0.4, -0.2) is 22.9 Å². The maximum atomic E-state index is 13.5. The van der Waals surface area contributed by atoms with Crippen LogP contribution in [0.1, 0.15) is 33.3 Å². The zero-order valence-electron chi connectivity index (χ0n) is 14.0. The molecule has 0 unspecified atom stereocenters. The molecule has 1 aromatic carbocycles. The molecule has 3 rings (SSSR count). The first kappa shape index (κ1) is 17.1. The Bertz CT molecular complexity index is 723. The molecule has 0 spiro atoms. The molecule has 1 aliphatic heterocycles. The second kappa shape index (κ2) is 5.39. The summed E-state index contributed by atoms with van der Waals surface area (Å²) >= 11 is 0. The molecule has 0 atom stereocenters. The third-order valence-electron chi connectivity index (χ3n) is 4.73. The molecular weight excluding hydrogens is 318 g/mol. The average Bonchev–Trinajstić information content (AvgIpc) is 3.04. The number of benzene rings is 1. The van der Waals surface area contributed by atoms with E-state index in [1.807, 2.05) is 27.7 Å². The maximum absolute atomic E-state index is 13.5. The summed E-state index contributed by atoms with van der Waals surface area (Å²) in [6.07, 6.45) is -1.31. The lowest BCUT2D eigenvalue weighted by Crippen LogP contribution is -2.41. The van der Waals surface area contributed by atoms with E-state index in [1.54, 1.807) is 30.6 Å². The van der Waals surface area contributed by atoms with E-state index in [4.69, 9.17) is 9.31 Å². The van der Waals surface area contributed by atoms with Crippen molar-refractivity contribution < 1.29 is 22.5 Å². The Morgan fingerprint density at radius 3 is 2.00 bits per heavy atom. The Balaban J connectivity index is 2.03. The first-order chi connectivity index (χ1) is 11.0. The molecule has 0 amide bonds. The molecular formula is C17H19BF3NO2. The highest BCUT2D eigenvalue weighted by molar-refractivity contribution is 6.62. The largest absolute Gasteiger partial charge is 0.494 e. The molecule has 7 heteroatoms. The van der Waals surface area contributed by atoms with Crippen molar-refractivity contribution in [3.63, 3.8) is 0 Å². The molecule has 0 aliphatic carbocycles. The van der Waals surface area contributed by atoms with Gasteiger partial charge in [0, 0.05) is 12.4 Å². The van der Waals surface area contributed by atoms with Crippen molar-refractivity contribution in [1.82, 2.24) is 4.57 Å². The van der Waals surface area contributed by atoms with Gasteiger partial charge >= 0.3 is 13.3 Å². The molecule has 0 radical (unpaired) electrons. The highest BCUT2D eigenvalue weighted by Crippen LogP contribution is 2.38. The van der Waals surface area contributed by atoms with Gasteiger partial charge in [0.1, 0.15) is 0 Å². The number of hydrogen-bond donors (Lipinski definition) is 0. The monoisotopic (exact) mass is 337 g/mol. The van der Waals surface area contributed by atoms with Crippen LogP contribution < -0.4 is 5.46 Å². The van der Waals surface area contributed by atoms with E-state index in [-0.39, 0.29) is 5.69 Å². The molecule has 1 saturated heterocycles. The minimum atomic E-state index is -4.47. The molecule has 24 heavy (non-hydrogen) atoms. The topological polar surface area (TPSA) is 23.4 Å². The summed E-state index contributed by atoms with van der Waals surface area (Å²) in [6, 6.07) is 7.54. The average molecular weight is 337 g/mol. The quantitative estimate of drug-likeness (QED) is 0.779. The van der Waals surface area contributed by atoms with E-state index < -0.39 is 30.1 Å². The van der Waals surface area contributed by atoms with Crippen molar-refractivity contribution in [2.45, 2.75) is 45.1 Å². The first-order valence-corrected chi connectivity index (χ1v) is 7.71. The lowest BCUT2D eigenvalue weighted by atomic mass is 9.78. The van der Waals surface area contributed by atoms with Crippen LogP contribution in [-0.2, 0) is 15.5 Å². The van der Waals surface area contributed by atoms with Gasteiger partial charge in [0.05, 0.1) is 22.5 Å². The predicted octanol–water partition coefficient (Wildman–Crippen LogP) is 3.80. The smallest absolute Gasteiger partial charge is 0.399 e. The van der Waals surface area contributed by atoms with Crippen LogP contribution in [0.4, 0.5) is 13.2 Å². The Hall–Kier alpha value is -1.73. The minimum Gasteiger partial charge on any atom is -0.399 e. The summed E-state index contributed by atoms with van der Waals surface area (Å²) in [5.74, 6) is 0. The lowest BCUT2D eigenvalue weighted by molar-refractivity contribution is -0.137. The Labute approximate surface area is 139 Å². The van der Waals surface area contributed by atoms with Gasteiger partial charge in [0.25, 0.3) is 0 Å². The van der Waals surface area contributed by atoms with E-state index in [0.717, 1.165) is 6.07 Å². The Kier molecular flexibility index (Phi) is 3.84. The summed E-state index contributed by atoms with van der Waals surface area (Å²) in [4.78, 5) is 0. The van der Waals surface area contributed by atoms with Crippen molar-refractivity contribution in [2.75, 3.05) is 0 Å². The van der Waals surface area contributed by atoms with Gasteiger partial charge in [0.15, 0.2) is 0 Å². The van der Waals surface area contributed by atoms with Crippen LogP contribution in [0.3, 0.4) is 0 Å². The van der Waals surface area contributed by atoms with Gasteiger partial charge in [-0.2, -0.15) is 13.2 Å². The van der Waals surface area contributed by atoms with Gasteiger partial charge in [-0.1, -0.05) is 6.07 Å². The third-order valence-corrected chi connectivity index (χ3v) is 4.73. The summed E-state index contributed by atoms with van der Waals surface area (Å²) in [5, 5.41) is 0. The van der Waals surface area contributed by atoms with E-state index >= 15 is 0 Å². The van der Waals surface area contributed by atoms with Gasteiger partial charge in [-0.25, -0.2) is 0 Å². The fourth-order valence-corrected chi connectivity index (χ4v) is 2.63. The highest BCUT2D eigenvalue weighted by Gasteiger charge is 2.52. The summed E-state index contributed by atoms with van der Waals surface area (Å²) in [6.45, 7) is 7.47. The number of halogens is 3. The zero-order chi connectivity index (χ0) is 17.8. The van der Waals surface area contributed by atoms with Crippen molar-refractivity contribution in [3.8, 4) is 5.69 Å². The van der Waals surface area contributed by atoms with Gasteiger partial charge < -0.3 is 13.9 Å². The number of hydrogen-bond acceptors (Lipinski definition) is 2. The Morgan fingerprint density at radius 1 is 0.958 bits per heavy atom. The van der Waals surface area contributed by atoms with Gasteiger partial charge in [0.2, 0.25) is 0 Å². The van der Waals surface area contributed by atoms with Crippen molar-refractivity contribution in [1.29, 1.82) is 0 Å². The molecule has 0 bridgehead atoms. The van der Waals surface area contributed by atoms with Crippen LogP contribution in [0.2, 0.25) is 0 Å². The minimum absolute atomic E-state index is 0.0766. The molecule has 2 heterocycles. The normalized spacial score (nSPS) is 19.7. The molecule has 0 N–H and O–H groups in total. The van der Waals surface area contributed by atoms with Gasteiger partial charge in [-0.3, -0.25) is 0 Å². The van der Waals surface area contributed by atoms with E-state index in [0.29, 0.717) is 5.46 Å². The number of aromatic nitrogens is 1. The predicted molar refractivity (Wildman–Crippen MR) is 86.5 cm³/mol. The van der Waals surface area contributed by atoms with Gasteiger partial charge in [-0.15, -0.1) is 0 Å². The zero-order valence-corrected chi connectivity index (χ0v) is 14.0. The second-order valence-electron chi connectivity index (χ2n) is 6.95. The summed E-state index contributed by atoms with van der Waals surface area (Å²) in [7, 11) is -0.824. The van der Waals surface area contributed by atoms with Gasteiger partial charge in [-0.05, 0) is 57.4 Å². The Morgan fingerprint density at radius 2 is 1.50 bits per heavy atom. The SMILES string of the molecule is CC1(C)OB(c2ccc(-n3cccc3)c(C(F)(F)F)c2)OC1(C)C. The van der Waals surface area contributed by atoms with Crippen molar-refractivity contribution in [3.05, 3.63) is 48.3 Å². The summed E-state index contributed by atoms with van der Waals surface area (Å²) < 4.78 is 53.7. The molecule has 1 aromatic heterocycles. The molecule has 2 aromatic rings. The van der Waals surface area contributed by atoms with Crippen LogP contribution in [0.15, 0.2) is 42.7 Å². The molecule has 1 aliphatic rings. The van der Waals surface area contributed by atoms with Crippen molar-refractivity contribution in [2.24, 2.45) is 0 Å². The van der Waals surface area contributed by atoms with Crippen LogP contribution >= 0.6 is 0 Å². The van der Waals surface area contributed by atoms with E-state index in [1.165, 1.54) is 10.6 Å². The standard InChI is InChI=1S/C17H19BF3NO2/c1-15(2)16(3,4)24-18(23-15)12-7-8-14(22-9-5-6-10-22)13(11-12)17(19,20)21/h5-11H,1-4H3. The maximum Gasteiger partial charge on any atom is 0.494 e. The highest BCUT2D eigenvalue weighted by atomic mass is 19.4. The molecule has 128 valence electrons. The van der Waals surface area contributed by atoms with Crippen LogP contribution in [0.5, 0.6) is 0 Å². The van der Waals surface area contributed by atoms with Crippen LogP contribution in [0, 0.1) is 0 Å². The molecule has 3 nitrogen and oxygen atoms in total. The van der Waals surface area contributed by atoms with E-state index in [9.17, 15) is 13.2 Å². The lowest BCUT2D eigenvalue weighted by Gasteiger charge is -2.32. The molecule has 0 saturated carbocycles. The summed E-state index contributed by atoms with van der Waals surface area (Å²) in [5.41, 5.74) is -1.49.